The van der Waals surface area contributed by atoms with Crippen molar-refractivity contribution in [2.45, 2.75) is 13.1 Å². The van der Waals surface area contributed by atoms with E-state index in [1.165, 1.54) is 13.2 Å². The van der Waals surface area contributed by atoms with Gasteiger partial charge in [0.15, 0.2) is 0 Å². The lowest BCUT2D eigenvalue weighted by Gasteiger charge is -1.93. The molecule has 0 heterocycles. The third-order valence-electron chi connectivity index (χ3n) is 0.746. The molecule has 0 aliphatic carbocycles. The third-order valence-corrected chi connectivity index (χ3v) is 0.746. The summed E-state index contributed by atoms with van der Waals surface area (Å²) in [5, 5.41) is 7.12. The van der Waals surface area contributed by atoms with Gasteiger partial charge in [-0.3, -0.25) is 0 Å². The fraction of sp³-hybridized carbons (Fsp3) is 0.429. The maximum absolute atomic E-state index is 10.6. The number of carbonyl (C=O) groups is 2. The number of carbonyl (C=O) groups excluding carboxylic acids is 1. The van der Waals surface area contributed by atoms with Crippen LogP contribution < -0.4 is 0 Å². The van der Waals surface area contributed by atoms with Crippen molar-refractivity contribution < 1.29 is 32.6 Å². The van der Waals surface area contributed by atoms with E-state index >= 15 is 0 Å². The van der Waals surface area contributed by atoms with E-state index in [0.717, 1.165) is 0 Å². The van der Waals surface area contributed by atoms with Gasteiger partial charge >= 0.3 is 18.1 Å². The number of rotatable bonds is 1. The lowest BCUT2D eigenvalue weighted by molar-refractivity contribution is -0.192. The second kappa shape index (κ2) is 6.93. The number of hydrogen-bond donors (Lipinski definition) is 1. The Kier molecular flexibility index (Phi) is 7.41. The van der Waals surface area contributed by atoms with Gasteiger partial charge in [-0.2, -0.15) is 13.2 Å². The minimum absolute atomic E-state index is 0.303. The molecule has 0 radical (unpaired) electrons. The Bertz CT molecular complexity index is 219. The Balaban J connectivity index is 0. The molecule has 0 aliphatic rings. The summed E-state index contributed by atoms with van der Waals surface area (Å²) in [6, 6.07) is 0. The van der Waals surface area contributed by atoms with Crippen LogP contribution in [0.4, 0.5) is 13.2 Å². The number of halogens is 3. The molecule has 0 unspecified atom stereocenters. The van der Waals surface area contributed by atoms with Crippen LogP contribution in [0, 0.1) is 0 Å². The van der Waals surface area contributed by atoms with Crippen molar-refractivity contribution in [2.75, 3.05) is 7.11 Å². The van der Waals surface area contributed by atoms with Crippen molar-refractivity contribution in [3.05, 3.63) is 12.2 Å². The van der Waals surface area contributed by atoms with Crippen molar-refractivity contribution in [2.24, 2.45) is 0 Å². The molecular weight excluding hydrogens is 205 g/mol. The van der Waals surface area contributed by atoms with Crippen LogP contribution >= 0.6 is 0 Å². The van der Waals surface area contributed by atoms with Crippen LogP contribution in [0.2, 0.25) is 0 Å². The molecule has 0 bridgehead atoms. The summed E-state index contributed by atoms with van der Waals surface area (Å²) in [5.74, 6) is -3.06. The molecule has 1 N–H and O–H groups in total. The highest BCUT2D eigenvalue weighted by molar-refractivity contribution is 5.81. The van der Waals surface area contributed by atoms with Crippen LogP contribution in [0.1, 0.15) is 6.92 Å². The van der Waals surface area contributed by atoms with E-state index in [4.69, 9.17) is 9.90 Å². The summed E-state index contributed by atoms with van der Waals surface area (Å²) in [5.41, 5.74) is 0. The van der Waals surface area contributed by atoms with E-state index in [9.17, 15) is 18.0 Å². The Morgan fingerprint density at radius 1 is 1.36 bits per heavy atom. The number of aliphatic carboxylic acids is 1. The highest BCUT2D eigenvalue weighted by Gasteiger charge is 2.38. The average molecular weight is 214 g/mol. The van der Waals surface area contributed by atoms with Crippen LogP contribution in [0.15, 0.2) is 12.2 Å². The Morgan fingerprint density at radius 3 is 1.79 bits per heavy atom. The first-order valence-corrected chi connectivity index (χ1v) is 3.26. The fourth-order valence-electron chi connectivity index (χ4n) is 0.204. The minimum Gasteiger partial charge on any atom is -0.475 e. The smallest absolute Gasteiger partial charge is 0.475 e. The van der Waals surface area contributed by atoms with Gasteiger partial charge in [0, 0.05) is 6.08 Å². The van der Waals surface area contributed by atoms with Gasteiger partial charge in [-0.05, 0) is 6.92 Å². The zero-order valence-corrected chi connectivity index (χ0v) is 7.46. The van der Waals surface area contributed by atoms with E-state index in [2.05, 4.69) is 4.74 Å². The van der Waals surface area contributed by atoms with Crippen LogP contribution in [0.5, 0.6) is 0 Å². The number of carboxylic acid groups (broad SMARTS) is 1. The van der Waals surface area contributed by atoms with Gasteiger partial charge < -0.3 is 9.84 Å². The van der Waals surface area contributed by atoms with E-state index in [1.807, 2.05) is 0 Å². The van der Waals surface area contributed by atoms with Gasteiger partial charge in [0.05, 0.1) is 7.11 Å². The molecule has 82 valence electrons. The standard InChI is InChI=1S/C5H8O2.C2HF3O2/c1-3-4-5(6)7-2;3-2(4,5)1(6)7/h3-4H,1-2H3;(H,6,7). The largest absolute Gasteiger partial charge is 0.490 e. The van der Waals surface area contributed by atoms with Crippen molar-refractivity contribution in [3.8, 4) is 0 Å². The molecule has 0 atom stereocenters. The molecule has 0 saturated heterocycles. The third kappa shape index (κ3) is 10.5. The van der Waals surface area contributed by atoms with Crippen LogP contribution in [0.25, 0.3) is 0 Å². The predicted octanol–water partition coefficient (Wildman–Crippen LogP) is 1.37. The number of methoxy groups -OCH3 is 1. The average Bonchev–Trinajstić information content (AvgIpc) is 2.04. The van der Waals surface area contributed by atoms with Gasteiger partial charge in [0.25, 0.3) is 0 Å². The lowest BCUT2D eigenvalue weighted by Crippen LogP contribution is -2.21. The summed E-state index contributed by atoms with van der Waals surface area (Å²) < 4.78 is 36.0. The number of esters is 1. The molecule has 0 aromatic rings. The molecule has 0 rings (SSSR count). The first kappa shape index (κ1) is 15.0. The maximum atomic E-state index is 10.6. The van der Waals surface area contributed by atoms with Crippen molar-refractivity contribution in [3.63, 3.8) is 0 Å². The molecule has 0 saturated carbocycles. The summed E-state index contributed by atoms with van der Waals surface area (Å²) in [6.07, 6.45) is -2.09. The first-order valence-electron chi connectivity index (χ1n) is 3.26. The van der Waals surface area contributed by atoms with Crippen molar-refractivity contribution >= 4 is 11.9 Å². The Labute approximate surface area is 78.0 Å². The maximum Gasteiger partial charge on any atom is 0.490 e. The van der Waals surface area contributed by atoms with Crippen LogP contribution in [-0.2, 0) is 14.3 Å². The quantitative estimate of drug-likeness (QED) is 0.528. The fourth-order valence-corrected chi connectivity index (χ4v) is 0.204. The van der Waals surface area contributed by atoms with Crippen molar-refractivity contribution in [1.29, 1.82) is 0 Å². The molecule has 14 heavy (non-hydrogen) atoms. The normalized spacial score (nSPS) is 10.4. The first-order chi connectivity index (χ1) is 6.25. The van der Waals surface area contributed by atoms with E-state index in [0.29, 0.717) is 0 Å². The predicted molar refractivity (Wildman–Crippen MR) is 40.5 cm³/mol. The van der Waals surface area contributed by atoms with Crippen LogP contribution in [-0.4, -0.2) is 30.3 Å². The zero-order valence-electron chi connectivity index (χ0n) is 7.46. The second-order valence-electron chi connectivity index (χ2n) is 1.83. The summed E-state index contributed by atoms with van der Waals surface area (Å²) >= 11 is 0. The number of alkyl halides is 3. The zero-order chi connectivity index (χ0) is 11.8. The number of allylic oxidation sites excluding steroid dienone is 1. The molecule has 0 amide bonds. The number of carboxylic acids is 1. The summed E-state index contributed by atoms with van der Waals surface area (Å²) in [4.78, 5) is 19.0. The van der Waals surface area contributed by atoms with Crippen molar-refractivity contribution in [1.82, 2.24) is 0 Å². The minimum atomic E-state index is -5.08. The van der Waals surface area contributed by atoms with E-state index < -0.39 is 12.1 Å². The highest BCUT2D eigenvalue weighted by Crippen LogP contribution is 2.13. The molecule has 4 nitrogen and oxygen atoms in total. The number of hydrogen-bond acceptors (Lipinski definition) is 3. The van der Waals surface area contributed by atoms with Crippen LogP contribution in [0.3, 0.4) is 0 Å². The lowest BCUT2D eigenvalue weighted by atomic mass is 10.5. The monoisotopic (exact) mass is 214 g/mol. The molecule has 0 aromatic carbocycles. The molecular formula is C7H9F3O4. The summed E-state index contributed by atoms with van der Waals surface area (Å²) in [7, 11) is 1.35. The Hall–Kier alpha value is -1.53. The molecule has 7 heteroatoms. The topological polar surface area (TPSA) is 63.6 Å². The molecule has 0 aliphatic heterocycles. The van der Waals surface area contributed by atoms with Gasteiger partial charge in [0.1, 0.15) is 0 Å². The van der Waals surface area contributed by atoms with Gasteiger partial charge in [0.2, 0.25) is 0 Å². The van der Waals surface area contributed by atoms with Gasteiger partial charge in [-0.15, -0.1) is 0 Å². The molecule has 0 aromatic heterocycles. The molecule has 0 fully saturated rings. The van der Waals surface area contributed by atoms with Gasteiger partial charge in [-0.1, -0.05) is 6.08 Å². The SMILES string of the molecule is CC=CC(=O)OC.O=C(O)C(F)(F)F. The summed E-state index contributed by atoms with van der Waals surface area (Å²) in [6.45, 7) is 1.76. The van der Waals surface area contributed by atoms with Gasteiger partial charge in [-0.25, -0.2) is 9.59 Å². The Morgan fingerprint density at radius 2 is 1.71 bits per heavy atom. The highest BCUT2D eigenvalue weighted by atomic mass is 19.4. The van der Waals surface area contributed by atoms with E-state index in [1.54, 1.807) is 13.0 Å². The number of ether oxygens (including phenoxy) is 1. The van der Waals surface area contributed by atoms with E-state index in [-0.39, 0.29) is 5.97 Å². The molecule has 0 spiro atoms. The second-order valence-corrected chi connectivity index (χ2v) is 1.83.